The van der Waals surface area contributed by atoms with Crippen LogP contribution in [0.25, 0.3) is 72.0 Å². The number of anilines is 3. The first kappa shape index (κ1) is 40.3. The van der Waals surface area contributed by atoms with Gasteiger partial charge >= 0.3 is 0 Å². The summed E-state index contributed by atoms with van der Waals surface area (Å²) in [5, 5.41) is 2.47. The van der Waals surface area contributed by atoms with Gasteiger partial charge in [0.25, 0.3) is 0 Å². The summed E-state index contributed by atoms with van der Waals surface area (Å²) in [6, 6.07) is 102. The molecule has 11 aromatic carbocycles. The lowest BCUT2D eigenvalue weighted by atomic mass is 9.66. The van der Waals surface area contributed by atoms with Crippen LogP contribution in [0, 0.1) is 0 Å². The summed E-state index contributed by atoms with van der Waals surface area (Å²) < 4.78 is 2.38. The van der Waals surface area contributed by atoms with E-state index in [1.165, 1.54) is 77.4 Å². The molecule has 1 aliphatic carbocycles. The third-order valence-electron chi connectivity index (χ3n) is 14.3. The Labute approximate surface area is 403 Å². The monoisotopic (exact) mass is 878 g/mol. The molecular formula is C67H46N2. The van der Waals surface area contributed by atoms with Gasteiger partial charge in [0, 0.05) is 33.4 Å². The van der Waals surface area contributed by atoms with E-state index in [1.54, 1.807) is 0 Å². The first-order chi connectivity index (χ1) is 34.3. The molecule has 1 aromatic heterocycles. The zero-order valence-electron chi connectivity index (χ0n) is 38.0. The molecule has 0 radical (unpaired) electrons. The fourth-order valence-electron chi connectivity index (χ4n) is 11.3. The van der Waals surface area contributed by atoms with E-state index in [9.17, 15) is 0 Å². The molecule has 0 unspecified atom stereocenters. The standard InChI is InChI=1S/C67H46N2/c1-5-21-47(22-6-1)48-39-42-54(43-40-48)68(55-30-19-23-49(45-55)50-41-44-65-61(46-50)58-33-15-18-38-64(58)69(65)53-28-11-4-12-29-53)63-37-17-14-32-57(63)60-35-20-34-59-56-31-13-16-36-62(56)67(66(59)60,51-24-7-2-8-25-51)52-26-9-3-10-27-52/h1-46H. The maximum Gasteiger partial charge on any atom is 0.0719 e. The number of para-hydroxylation sites is 3. The lowest BCUT2D eigenvalue weighted by molar-refractivity contribution is 0.770. The Morgan fingerprint density at radius 2 is 0.812 bits per heavy atom. The molecule has 0 saturated carbocycles. The molecule has 13 rings (SSSR count). The van der Waals surface area contributed by atoms with Crippen molar-refractivity contribution in [3.63, 3.8) is 0 Å². The van der Waals surface area contributed by atoms with Gasteiger partial charge in [-0.1, -0.05) is 218 Å². The van der Waals surface area contributed by atoms with Gasteiger partial charge in [0.15, 0.2) is 0 Å². The highest BCUT2D eigenvalue weighted by Gasteiger charge is 2.47. The number of hydrogen-bond acceptors (Lipinski definition) is 1. The van der Waals surface area contributed by atoms with Crippen LogP contribution < -0.4 is 4.90 Å². The Balaban J connectivity index is 1.02. The SMILES string of the molecule is c1ccc(-c2ccc(N(c3cccc(-c4ccc5c(c4)c4ccccc4n5-c4ccccc4)c3)c3ccccc3-c3cccc4c3C(c3ccccc3)(c3ccccc3)c3ccccc3-4)cc2)cc1. The van der Waals surface area contributed by atoms with E-state index < -0.39 is 5.41 Å². The number of rotatable bonds is 9. The van der Waals surface area contributed by atoms with Gasteiger partial charge in [-0.2, -0.15) is 0 Å². The largest absolute Gasteiger partial charge is 0.310 e. The molecule has 0 fully saturated rings. The summed E-state index contributed by atoms with van der Waals surface area (Å²) in [6.45, 7) is 0. The molecular weight excluding hydrogens is 833 g/mol. The van der Waals surface area contributed by atoms with Gasteiger partial charge in [-0.3, -0.25) is 0 Å². The van der Waals surface area contributed by atoms with E-state index in [-0.39, 0.29) is 0 Å². The zero-order valence-corrected chi connectivity index (χ0v) is 38.0. The minimum atomic E-state index is -0.567. The van der Waals surface area contributed by atoms with E-state index in [4.69, 9.17) is 0 Å². The van der Waals surface area contributed by atoms with Gasteiger partial charge in [0.05, 0.1) is 22.1 Å². The molecule has 324 valence electrons. The summed E-state index contributed by atoms with van der Waals surface area (Å²) in [4.78, 5) is 2.46. The Morgan fingerprint density at radius 1 is 0.304 bits per heavy atom. The van der Waals surface area contributed by atoms with Crippen molar-refractivity contribution in [3.8, 4) is 50.2 Å². The van der Waals surface area contributed by atoms with E-state index in [1.807, 2.05) is 0 Å². The molecule has 1 aliphatic rings. The van der Waals surface area contributed by atoms with Crippen molar-refractivity contribution < 1.29 is 0 Å². The number of benzene rings is 11. The second-order valence-corrected chi connectivity index (χ2v) is 18.0. The molecule has 12 aromatic rings. The van der Waals surface area contributed by atoms with Crippen molar-refractivity contribution in [2.45, 2.75) is 5.41 Å². The van der Waals surface area contributed by atoms with Crippen LogP contribution in [0.2, 0.25) is 0 Å². The number of fused-ring (bicyclic) bond motifs is 6. The van der Waals surface area contributed by atoms with Crippen LogP contribution >= 0.6 is 0 Å². The maximum atomic E-state index is 2.46. The molecule has 0 amide bonds. The van der Waals surface area contributed by atoms with Crippen molar-refractivity contribution in [2.24, 2.45) is 0 Å². The average Bonchev–Trinajstić information content (AvgIpc) is 3.93. The molecule has 1 heterocycles. The summed E-state index contributed by atoms with van der Waals surface area (Å²) in [5.41, 5.74) is 20.9. The number of nitrogens with zero attached hydrogens (tertiary/aromatic N) is 2. The van der Waals surface area contributed by atoms with Crippen molar-refractivity contribution in [1.29, 1.82) is 0 Å². The van der Waals surface area contributed by atoms with Crippen LogP contribution in [-0.2, 0) is 5.41 Å². The van der Waals surface area contributed by atoms with E-state index >= 15 is 0 Å². The average molecular weight is 879 g/mol. The molecule has 0 atom stereocenters. The molecule has 0 aliphatic heterocycles. The minimum Gasteiger partial charge on any atom is -0.310 e. The van der Waals surface area contributed by atoms with Gasteiger partial charge in [-0.15, -0.1) is 0 Å². The predicted octanol–water partition coefficient (Wildman–Crippen LogP) is 17.6. The Kier molecular flexibility index (Phi) is 9.77. The van der Waals surface area contributed by atoms with Crippen LogP contribution in [-0.4, -0.2) is 4.57 Å². The second kappa shape index (κ2) is 16.7. The summed E-state index contributed by atoms with van der Waals surface area (Å²) in [5.74, 6) is 0. The molecule has 0 saturated heterocycles. The van der Waals surface area contributed by atoms with Crippen LogP contribution in [0.4, 0.5) is 17.1 Å². The smallest absolute Gasteiger partial charge is 0.0719 e. The Hall–Kier alpha value is -8.98. The quantitative estimate of drug-likeness (QED) is 0.140. The van der Waals surface area contributed by atoms with Crippen LogP contribution in [0.3, 0.4) is 0 Å². The predicted molar refractivity (Wildman–Crippen MR) is 289 cm³/mol. The molecule has 0 N–H and O–H groups in total. The van der Waals surface area contributed by atoms with Gasteiger partial charge in [0.2, 0.25) is 0 Å². The number of hydrogen-bond donors (Lipinski definition) is 0. The minimum absolute atomic E-state index is 0.567. The third-order valence-corrected chi connectivity index (χ3v) is 14.3. The summed E-state index contributed by atoms with van der Waals surface area (Å²) >= 11 is 0. The first-order valence-electron chi connectivity index (χ1n) is 23.8. The van der Waals surface area contributed by atoms with Crippen molar-refractivity contribution >= 4 is 38.9 Å². The van der Waals surface area contributed by atoms with Crippen molar-refractivity contribution in [3.05, 3.63) is 301 Å². The van der Waals surface area contributed by atoms with Gasteiger partial charge in [-0.25, -0.2) is 0 Å². The summed E-state index contributed by atoms with van der Waals surface area (Å²) in [6.07, 6.45) is 0. The molecule has 0 spiro atoms. The fraction of sp³-hybridized carbons (Fsp3) is 0.0149. The highest BCUT2D eigenvalue weighted by atomic mass is 15.1. The molecule has 2 nitrogen and oxygen atoms in total. The normalized spacial score (nSPS) is 12.5. The van der Waals surface area contributed by atoms with E-state index in [0.717, 1.165) is 33.9 Å². The maximum absolute atomic E-state index is 2.46. The van der Waals surface area contributed by atoms with Crippen LogP contribution in [0.15, 0.2) is 279 Å². The molecule has 69 heavy (non-hydrogen) atoms. The lowest BCUT2D eigenvalue weighted by Crippen LogP contribution is -2.29. The number of aromatic nitrogens is 1. The zero-order chi connectivity index (χ0) is 45.7. The van der Waals surface area contributed by atoms with Crippen molar-refractivity contribution in [2.75, 3.05) is 4.90 Å². The first-order valence-corrected chi connectivity index (χ1v) is 23.8. The van der Waals surface area contributed by atoms with E-state index in [0.29, 0.717) is 0 Å². The molecule has 2 heteroatoms. The van der Waals surface area contributed by atoms with Gasteiger partial charge < -0.3 is 9.47 Å². The highest BCUT2D eigenvalue weighted by molar-refractivity contribution is 6.10. The topological polar surface area (TPSA) is 8.17 Å². The van der Waals surface area contributed by atoms with Gasteiger partial charge in [-0.05, 0) is 122 Å². The Morgan fingerprint density at radius 3 is 1.55 bits per heavy atom. The third kappa shape index (κ3) is 6.56. The summed E-state index contributed by atoms with van der Waals surface area (Å²) in [7, 11) is 0. The van der Waals surface area contributed by atoms with Gasteiger partial charge in [0.1, 0.15) is 0 Å². The van der Waals surface area contributed by atoms with Crippen molar-refractivity contribution in [1.82, 2.24) is 4.57 Å². The van der Waals surface area contributed by atoms with E-state index in [2.05, 4.69) is 289 Å². The van der Waals surface area contributed by atoms with Crippen LogP contribution in [0.1, 0.15) is 22.3 Å². The Bertz CT molecular complexity index is 3780. The highest BCUT2D eigenvalue weighted by Crippen LogP contribution is 2.59. The second-order valence-electron chi connectivity index (χ2n) is 18.0. The lowest BCUT2D eigenvalue weighted by Gasteiger charge is -2.36. The fourth-order valence-corrected chi connectivity index (χ4v) is 11.3. The van der Waals surface area contributed by atoms with Crippen LogP contribution in [0.5, 0.6) is 0 Å². The molecule has 0 bridgehead atoms.